The van der Waals surface area contributed by atoms with Crippen LogP contribution < -0.4 is 10.0 Å². The Morgan fingerprint density at radius 2 is 2.06 bits per heavy atom. The monoisotopic (exact) mass is 290 g/mol. The van der Waals surface area contributed by atoms with Gasteiger partial charge in [-0.05, 0) is 31.0 Å². The van der Waals surface area contributed by atoms with Crippen molar-refractivity contribution in [2.24, 2.45) is 5.92 Å². The van der Waals surface area contributed by atoms with Crippen LogP contribution in [-0.2, 0) is 16.6 Å². The molecule has 2 N–H and O–H groups in total. The summed E-state index contributed by atoms with van der Waals surface area (Å²) in [7, 11) is -3.32. The van der Waals surface area contributed by atoms with Crippen LogP contribution in [0.3, 0.4) is 0 Å². The van der Waals surface area contributed by atoms with Crippen molar-refractivity contribution in [3.8, 4) is 0 Å². The van der Waals surface area contributed by atoms with E-state index in [-0.39, 0.29) is 0 Å². The molecule has 0 fully saturated rings. The maximum atomic E-state index is 12.0. The minimum atomic E-state index is -3.32. The number of sulfonamides is 1. The lowest BCUT2D eigenvalue weighted by Crippen LogP contribution is -2.24. The molecule has 0 saturated carbocycles. The van der Waals surface area contributed by atoms with Gasteiger partial charge >= 0.3 is 0 Å². The van der Waals surface area contributed by atoms with E-state index < -0.39 is 10.0 Å². The maximum Gasteiger partial charge on any atom is 0.250 e. The maximum absolute atomic E-state index is 12.0. The predicted octanol–water partition coefficient (Wildman–Crippen LogP) is 2.18. The summed E-state index contributed by atoms with van der Waals surface area (Å²) in [6.07, 6.45) is 0.856. The van der Waals surface area contributed by atoms with Crippen molar-refractivity contribution in [2.75, 3.05) is 13.1 Å². The Labute approximate surface area is 114 Å². The van der Waals surface area contributed by atoms with Crippen LogP contribution >= 0.6 is 11.3 Å². The normalized spacial score (nSPS) is 12.2. The first-order valence-corrected chi connectivity index (χ1v) is 8.54. The summed E-state index contributed by atoms with van der Waals surface area (Å²) in [6.45, 7) is 8.29. The highest BCUT2D eigenvalue weighted by Gasteiger charge is 2.16. The molecule has 0 atom stereocenters. The van der Waals surface area contributed by atoms with Gasteiger partial charge in [0.1, 0.15) is 4.21 Å². The number of hydrogen-bond donors (Lipinski definition) is 2. The minimum Gasteiger partial charge on any atom is -0.312 e. The SMILES string of the molecule is CCNCc1ccc(S(=O)(=O)NCCC(C)C)s1. The summed E-state index contributed by atoms with van der Waals surface area (Å²) >= 11 is 1.33. The van der Waals surface area contributed by atoms with Crippen LogP contribution in [0.4, 0.5) is 0 Å². The molecule has 18 heavy (non-hydrogen) atoms. The molecule has 6 heteroatoms. The Balaban J connectivity index is 2.58. The van der Waals surface area contributed by atoms with Gasteiger partial charge in [-0.25, -0.2) is 13.1 Å². The Hall–Kier alpha value is -0.430. The van der Waals surface area contributed by atoms with Crippen molar-refractivity contribution in [3.63, 3.8) is 0 Å². The lowest BCUT2D eigenvalue weighted by molar-refractivity contribution is 0.553. The van der Waals surface area contributed by atoms with Crippen molar-refractivity contribution < 1.29 is 8.42 Å². The zero-order valence-electron chi connectivity index (χ0n) is 11.2. The van der Waals surface area contributed by atoms with E-state index in [1.165, 1.54) is 11.3 Å². The number of nitrogens with one attached hydrogen (secondary N) is 2. The molecule has 4 nitrogen and oxygen atoms in total. The quantitative estimate of drug-likeness (QED) is 0.771. The highest BCUT2D eigenvalue weighted by atomic mass is 32.2. The molecule has 0 aliphatic rings. The smallest absolute Gasteiger partial charge is 0.250 e. The van der Waals surface area contributed by atoms with Crippen molar-refractivity contribution in [3.05, 3.63) is 17.0 Å². The van der Waals surface area contributed by atoms with E-state index in [4.69, 9.17) is 0 Å². The lowest BCUT2D eigenvalue weighted by atomic mass is 10.1. The second-order valence-corrected chi connectivity index (χ2v) is 7.74. The van der Waals surface area contributed by atoms with Crippen LogP contribution in [-0.4, -0.2) is 21.5 Å². The molecule has 0 unspecified atom stereocenters. The van der Waals surface area contributed by atoms with Gasteiger partial charge in [-0.1, -0.05) is 20.8 Å². The van der Waals surface area contributed by atoms with Crippen LogP contribution in [0.2, 0.25) is 0 Å². The summed E-state index contributed by atoms with van der Waals surface area (Å²) in [4.78, 5) is 1.04. The molecule has 0 saturated heterocycles. The van der Waals surface area contributed by atoms with E-state index in [2.05, 4.69) is 23.9 Å². The Morgan fingerprint density at radius 1 is 1.33 bits per heavy atom. The van der Waals surface area contributed by atoms with Crippen LogP contribution in [0.25, 0.3) is 0 Å². The summed E-state index contributed by atoms with van der Waals surface area (Å²) in [5, 5.41) is 3.18. The molecule has 0 aliphatic heterocycles. The fourth-order valence-electron chi connectivity index (χ4n) is 1.40. The van der Waals surface area contributed by atoms with Gasteiger partial charge in [-0.2, -0.15) is 0 Å². The average molecular weight is 290 g/mol. The summed E-state index contributed by atoms with van der Waals surface area (Å²) in [5.74, 6) is 0.500. The summed E-state index contributed by atoms with van der Waals surface area (Å²) < 4.78 is 27.0. The fourth-order valence-corrected chi connectivity index (χ4v) is 3.82. The second kappa shape index (κ2) is 7.23. The first-order chi connectivity index (χ1) is 8.45. The molecule has 104 valence electrons. The van der Waals surface area contributed by atoms with Gasteiger partial charge in [0.05, 0.1) is 0 Å². The standard InChI is InChI=1S/C12H22N2O2S2/c1-4-13-9-11-5-6-12(17-11)18(15,16)14-8-7-10(2)3/h5-6,10,13-14H,4,7-9H2,1-3H3. The summed E-state index contributed by atoms with van der Waals surface area (Å²) in [5.41, 5.74) is 0. The fraction of sp³-hybridized carbons (Fsp3) is 0.667. The van der Waals surface area contributed by atoms with Gasteiger partial charge in [-0.15, -0.1) is 11.3 Å². The molecule has 1 aromatic rings. The van der Waals surface area contributed by atoms with Crippen molar-refractivity contribution in [1.29, 1.82) is 0 Å². The van der Waals surface area contributed by atoms with Crippen LogP contribution in [0.5, 0.6) is 0 Å². The van der Waals surface area contributed by atoms with Gasteiger partial charge in [0.15, 0.2) is 0 Å². The van der Waals surface area contributed by atoms with E-state index >= 15 is 0 Å². The Kier molecular flexibility index (Phi) is 6.28. The molecule has 0 bridgehead atoms. The molecule has 1 rings (SSSR count). The average Bonchev–Trinajstić information content (AvgIpc) is 2.74. The largest absolute Gasteiger partial charge is 0.312 e. The third-order valence-corrected chi connectivity index (χ3v) is 5.50. The van der Waals surface area contributed by atoms with E-state index in [1.54, 1.807) is 6.07 Å². The minimum absolute atomic E-state index is 0.402. The van der Waals surface area contributed by atoms with E-state index in [0.717, 1.165) is 24.4 Å². The van der Waals surface area contributed by atoms with E-state index in [0.29, 0.717) is 16.7 Å². The molecular weight excluding hydrogens is 268 g/mol. The van der Waals surface area contributed by atoms with Gasteiger partial charge < -0.3 is 5.32 Å². The third-order valence-electron chi connectivity index (χ3n) is 2.46. The molecular formula is C12H22N2O2S2. The van der Waals surface area contributed by atoms with Crippen LogP contribution in [0.1, 0.15) is 32.1 Å². The van der Waals surface area contributed by atoms with Crippen LogP contribution in [0.15, 0.2) is 16.3 Å². The van der Waals surface area contributed by atoms with Crippen molar-refractivity contribution in [2.45, 2.75) is 37.9 Å². The summed E-state index contributed by atoms with van der Waals surface area (Å²) in [6, 6.07) is 3.54. The highest BCUT2D eigenvalue weighted by molar-refractivity contribution is 7.91. The van der Waals surface area contributed by atoms with E-state index in [9.17, 15) is 8.42 Å². The van der Waals surface area contributed by atoms with Crippen molar-refractivity contribution in [1.82, 2.24) is 10.0 Å². The Bertz CT molecular complexity index is 452. The first kappa shape index (κ1) is 15.6. The molecule has 0 spiro atoms. The predicted molar refractivity (Wildman–Crippen MR) is 76.3 cm³/mol. The Morgan fingerprint density at radius 3 is 2.67 bits per heavy atom. The first-order valence-electron chi connectivity index (χ1n) is 6.24. The second-order valence-electron chi connectivity index (χ2n) is 4.58. The van der Waals surface area contributed by atoms with Crippen LogP contribution in [0, 0.1) is 5.92 Å². The zero-order valence-corrected chi connectivity index (χ0v) is 12.8. The number of thiophene rings is 1. The topological polar surface area (TPSA) is 58.2 Å². The van der Waals surface area contributed by atoms with Gasteiger partial charge in [0, 0.05) is 18.0 Å². The molecule has 1 aromatic heterocycles. The third kappa shape index (κ3) is 5.06. The molecule has 0 radical (unpaired) electrons. The molecule has 0 amide bonds. The molecule has 0 aliphatic carbocycles. The number of rotatable bonds is 8. The van der Waals surface area contributed by atoms with Gasteiger partial charge in [0.25, 0.3) is 0 Å². The number of hydrogen-bond acceptors (Lipinski definition) is 4. The molecule has 0 aromatic carbocycles. The zero-order chi connectivity index (χ0) is 13.6. The van der Waals surface area contributed by atoms with E-state index in [1.807, 2.05) is 13.0 Å². The van der Waals surface area contributed by atoms with Gasteiger partial charge in [0.2, 0.25) is 10.0 Å². The molecule has 1 heterocycles. The lowest BCUT2D eigenvalue weighted by Gasteiger charge is -2.06. The highest BCUT2D eigenvalue weighted by Crippen LogP contribution is 2.21. The van der Waals surface area contributed by atoms with Gasteiger partial charge in [-0.3, -0.25) is 0 Å². The van der Waals surface area contributed by atoms with Crippen molar-refractivity contribution >= 4 is 21.4 Å².